The summed E-state index contributed by atoms with van der Waals surface area (Å²) in [6.45, 7) is 5.04. The van der Waals surface area contributed by atoms with Gasteiger partial charge in [0.15, 0.2) is 0 Å². The van der Waals surface area contributed by atoms with E-state index >= 15 is 0 Å². The van der Waals surface area contributed by atoms with Crippen molar-refractivity contribution in [2.75, 3.05) is 11.9 Å². The van der Waals surface area contributed by atoms with Crippen molar-refractivity contribution in [3.05, 3.63) is 45.9 Å². The van der Waals surface area contributed by atoms with Crippen LogP contribution >= 0.6 is 11.3 Å². The lowest BCUT2D eigenvalue weighted by molar-refractivity contribution is 0.0526. The van der Waals surface area contributed by atoms with Crippen molar-refractivity contribution >= 4 is 23.0 Å². The van der Waals surface area contributed by atoms with Crippen LogP contribution in [0.25, 0.3) is 0 Å². The number of aryl methyl sites for hydroxylation is 1. The highest BCUT2D eigenvalue weighted by Gasteiger charge is 2.05. The van der Waals surface area contributed by atoms with Gasteiger partial charge in [-0.25, -0.2) is 9.78 Å². The molecule has 2 aromatic rings. The fraction of sp³-hybridized carbons (Fsp3) is 0.333. The second-order valence-corrected chi connectivity index (χ2v) is 5.42. The molecule has 1 aromatic heterocycles. The molecule has 0 unspecified atom stereocenters. The molecule has 5 heteroatoms. The fourth-order valence-electron chi connectivity index (χ4n) is 1.72. The maximum Gasteiger partial charge on any atom is 0.338 e. The predicted octanol–water partition coefficient (Wildman–Crippen LogP) is 3.49. The monoisotopic (exact) mass is 290 g/mol. The Morgan fingerprint density at radius 2 is 2.05 bits per heavy atom. The largest absolute Gasteiger partial charge is 0.462 e. The first-order valence-corrected chi connectivity index (χ1v) is 7.49. The molecule has 0 fully saturated rings. The molecule has 1 aromatic carbocycles. The number of benzene rings is 1. The molecule has 0 bridgehead atoms. The molecule has 0 atom stereocenters. The molecule has 0 spiro atoms. The van der Waals surface area contributed by atoms with Crippen LogP contribution in [0.1, 0.15) is 34.1 Å². The van der Waals surface area contributed by atoms with Gasteiger partial charge in [0, 0.05) is 16.8 Å². The first kappa shape index (κ1) is 14.5. The molecule has 0 aliphatic rings. The summed E-state index contributed by atoms with van der Waals surface area (Å²) in [6, 6.07) is 7.30. The summed E-state index contributed by atoms with van der Waals surface area (Å²) in [5.41, 5.74) is 1.55. The zero-order valence-electron chi connectivity index (χ0n) is 11.7. The number of aromatic nitrogens is 1. The van der Waals surface area contributed by atoms with Crippen LogP contribution in [0.15, 0.2) is 30.5 Å². The normalized spacial score (nSPS) is 10.3. The number of thiazole rings is 1. The van der Waals surface area contributed by atoms with E-state index in [9.17, 15) is 4.79 Å². The molecule has 0 aliphatic heterocycles. The molecule has 4 nitrogen and oxygen atoms in total. The van der Waals surface area contributed by atoms with Crippen LogP contribution in [0.3, 0.4) is 0 Å². The van der Waals surface area contributed by atoms with E-state index in [1.807, 2.05) is 18.3 Å². The average Bonchev–Trinajstić information content (AvgIpc) is 2.94. The van der Waals surface area contributed by atoms with Gasteiger partial charge in [0.2, 0.25) is 0 Å². The van der Waals surface area contributed by atoms with Crippen LogP contribution in [0.2, 0.25) is 0 Å². The van der Waals surface area contributed by atoms with Gasteiger partial charge in [-0.15, -0.1) is 11.3 Å². The zero-order chi connectivity index (χ0) is 14.4. The third-order valence-corrected chi connectivity index (χ3v) is 3.91. The van der Waals surface area contributed by atoms with E-state index in [0.29, 0.717) is 12.2 Å². The maximum atomic E-state index is 11.5. The van der Waals surface area contributed by atoms with Crippen molar-refractivity contribution in [1.82, 2.24) is 4.98 Å². The minimum Gasteiger partial charge on any atom is -0.462 e. The summed E-state index contributed by atoms with van der Waals surface area (Å²) in [5, 5.41) is 4.47. The fourth-order valence-corrected chi connectivity index (χ4v) is 2.52. The maximum absolute atomic E-state index is 11.5. The number of anilines is 1. The lowest BCUT2D eigenvalue weighted by atomic mass is 10.2. The van der Waals surface area contributed by atoms with E-state index in [4.69, 9.17) is 4.74 Å². The minimum absolute atomic E-state index is 0.283. The summed E-state index contributed by atoms with van der Waals surface area (Å²) < 4.78 is 4.95. The van der Waals surface area contributed by atoms with Gasteiger partial charge in [0.1, 0.15) is 0 Å². The van der Waals surface area contributed by atoms with Crippen LogP contribution < -0.4 is 5.32 Å². The number of esters is 1. The van der Waals surface area contributed by atoms with Crippen molar-refractivity contribution < 1.29 is 9.53 Å². The minimum atomic E-state index is -0.283. The van der Waals surface area contributed by atoms with Gasteiger partial charge < -0.3 is 10.1 Å². The third-order valence-electron chi connectivity index (χ3n) is 2.77. The second-order valence-electron chi connectivity index (χ2n) is 4.23. The van der Waals surface area contributed by atoms with E-state index in [0.717, 1.165) is 23.7 Å². The highest BCUT2D eigenvalue weighted by atomic mass is 32.1. The number of rotatable bonds is 6. The summed E-state index contributed by atoms with van der Waals surface area (Å²) in [7, 11) is 0. The lowest BCUT2D eigenvalue weighted by Crippen LogP contribution is -2.04. The number of carbonyl (C=O) groups excluding carboxylic acids is 1. The number of hydrogen-bond acceptors (Lipinski definition) is 5. The number of nitrogens with one attached hydrogen (secondary N) is 1. The molecule has 1 heterocycles. The number of hydrogen-bond donors (Lipinski definition) is 1. The molecule has 0 radical (unpaired) electrons. The smallest absolute Gasteiger partial charge is 0.338 e. The third kappa shape index (κ3) is 3.81. The Balaban J connectivity index is 1.92. The van der Waals surface area contributed by atoms with Gasteiger partial charge >= 0.3 is 5.97 Å². The number of ether oxygens (including phenoxy) is 1. The molecule has 1 N–H and O–H groups in total. The first-order chi connectivity index (χ1) is 9.72. The Labute approximate surface area is 122 Å². The van der Waals surface area contributed by atoms with Gasteiger partial charge in [-0.3, -0.25) is 0 Å². The Kier molecular flexibility index (Phi) is 5.12. The molecule has 0 aliphatic carbocycles. The van der Waals surface area contributed by atoms with Crippen LogP contribution in [-0.4, -0.2) is 17.6 Å². The van der Waals surface area contributed by atoms with Gasteiger partial charge in [0.05, 0.1) is 23.7 Å². The quantitative estimate of drug-likeness (QED) is 0.827. The molecular formula is C15H18N2O2S. The van der Waals surface area contributed by atoms with E-state index < -0.39 is 0 Å². The SMILES string of the molecule is CCOC(=O)c1ccc(NCc2cnc(CC)s2)cc1. The Morgan fingerprint density at radius 3 is 2.65 bits per heavy atom. The van der Waals surface area contributed by atoms with E-state index in [-0.39, 0.29) is 5.97 Å². The van der Waals surface area contributed by atoms with Crippen LogP contribution in [-0.2, 0) is 17.7 Å². The topological polar surface area (TPSA) is 51.2 Å². The highest BCUT2D eigenvalue weighted by molar-refractivity contribution is 7.11. The van der Waals surface area contributed by atoms with Crippen molar-refractivity contribution in [2.45, 2.75) is 26.8 Å². The molecule has 0 amide bonds. The van der Waals surface area contributed by atoms with Gasteiger partial charge in [-0.05, 0) is 37.6 Å². The molecule has 0 saturated heterocycles. The van der Waals surface area contributed by atoms with Crippen molar-refractivity contribution in [3.8, 4) is 0 Å². The second kappa shape index (κ2) is 7.05. The van der Waals surface area contributed by atoms with Crippen LogP contribution in [0.5, 0.6) is 0 Å². The highest BCUT2D eigenvalue weighted by Crippen LogP contribution is 2.16. The van der Waals surface area contributed by atoms with Crippen LogP contribution in [0, 0.1) is 0 Å². The van der Waals surface area contributed by atoms with E-state index in [2.05, 4.69) is 17.2 Å². The Morgan fingerprint density at radius 1 is 1.30 bits per heavy atom. The summed E-state index contributed by atoms with van der Waals surface area (Å²) in [4.78, 5) is 17.0. The van der Waals surface area contributed by atoms with E-state index in [1.54, 1.807) is 30.4 Å². The van der Waals surface area contributed by atoms with Crippen molar-refractivity contribution in [3.63, 3.8) is 0 Å². The number of nitrogens with zero attached hydrogens (tertiary/aromatic N) is 1. The number of carbonyl (C=O) groups is 1. The molecule has 0 saturated carbocycles. The van der Waals surface area contributed by atoms with Gasteiger partial charge in [-0.2, -0.15) is 0 Å². The molecule has 106 valence electrons. The van der Waals surface area contributed by atoms with Crippen LogP contribution in [0.4, 0.5) is 5.69 Å². The summed E-state index contributed by atoms with van der Waals surface area (Å²) >= 11 is 1.72. The predicted molar refractivity (Wildman–Crippen MR) is 81.2 cm³/mol. The molecular weight excluding hydrogens is 272 g/mol. The standard InChI is InChI=1S/C15H18N2O2S/c1-3-14-17-10-13(20-14)9-16-12-7-5-11(6-8-12)15(18)19-4-2/h5-8,10,16H,3-4,9H2,1-2H3. The zero-order valence-corrected chi connectivity index (χ0v) is 12.5. The van der Waals surface area contributed by atoms with Crippen molar-refractivity contribution in [1.29, 1.82) is 0 Å². The van der Waals surface area contributed by atoms with Gasteiger partial charge in [-0.1, -0.05) is 6.92 Å². The van der Waals surface area contributed by atoms with E-state index in [1.165, 1.54) is 4.88 Å². The van der Waals surface area contributed by atoms with Crippen molar-refractivity contribution in [2.24, 2.45) is 0 Å². The molecule has 20 heavy (non-hydrogen) atoms. The first-order valence-electron chi connectivity index (χ1n) is 6.67. The Hall–Kier alpha value is -1.88. The Bertz CT molecular complexity index is 564. The lowest BCUT2D eigenvalue weighted by Gasteiger charge is -2.06. The summed E-state index contributed by atoms with van der Waals surface area (Å²) in [5.74, 6) is -0.283. The van der Waals surface area contributed by atoms with Gasteiger partial charge in [0.25, 0.3) is 0 Å². The average molecular weight is 290 g/mol. The molecule has 2 rings (SSSR count). The summed E-state index contributed by atoms with van der Waals surface area (Å²) in [6.07, 6.45) is 2.88.